The molecule has 124 valence electrons. The highest BCUT2D eigenvalue weighted by molar-refractivity contribution is 5.92. The van der Waals surface area contributed by atoms with E-state index in [9.17, 15) is 15.2 Å². The van der Waals surface area contributed by atoms with Crippen LogP contribution in [0.15, 0.2) is 30.5 Å². The third-order valence-electron chi connectivity index (χ3n) is 3.57. The van der Waals surface area contributed by atoms with Crippen LogP contribution in [0.25, 0.3) is 11.3 Å². The summed E-state index contributed by atoms with van der Waals surface area (Å²) in [5, 5.41) is 28.0. The topological polar surface area (TPSA) is 107 Å². The van der Waals surface area contributed by atoms with Gasteiger partial charge in [-0.3, -0.25) is 4.98 Å². The van der Waals surface area contributed by atoms with E-state index in [1.807, 2.05) is 11.9 Å². The van der Waals surface area contributed by atoms with Crippen molar-refractivity contribution in [3.63, 3.8) is 0 Å². The molecule has 0 saturated carbocycles. The van der Waals surface area contributed by atoms with E-state index in [2.05, 4.69) is 11.1 Å². The van der Waals surface area contributed by atoms with Crippen LogP contribution in [-0.2, 0) is 4.74 Å². The van der Waals surface area contributed by atoms with Crippen molar-refractivity contribution in [1.29, 1.82) is 5.26 Å². The fourth-order valence-corrected chi connectivity index (χ4v) is 2.24. The molecule has 1 aromatic carbocycles. The fourth-order valence-electron chi connectivity index (χ4n) is 2.24. The van der Waals surface area contributed by atoms with E-state index in [0.29, 0.717) is 30.0 Å². The van der Waals surface area contributed by atoms with Gasteiger partial charge in [0.05, 0.1) is 29.7 Å². The Morgan fingerprint density at radius 3 is 2.79 bits per heavy atom. The summed E-state index contributed by atoms with van der Waals surface area (Å²) in [6.07, 6.45) is 1.09. The summed E-state index contributed by atoms with van der Waals surface area (Å²) in [6.45, 7) is 1.16. The van der Waals surface area contributed by atoms with Crippen LogP contribution in [0.1, 0.15) is 15.9 Å². The van der Waals surface area contributed by atoms with Gasteiger partial charge in [0.1, 0.15) is 17.4 Å². The molecule has 2 N–H and O–H groups in total. The second kappa shape index (κ2) is 7.44. The first-order chi connectivity index (χ1) is 11.5. The molecule has 0 unspecified atom stereocenters. The van der Waals surface area contributed by atoms with Crippen LogP contribution in [0.4, 0.5) is 5.69 Å². The largest absolute Gasteiger partial charge is 0.505 e. The minimum atomic E-state index is -1.24. The molecule has 1 aromatic heterocycles. The minimum absolute atomic E-state index is 0.236. The molecule has 0 aliphatic heterocycles. The van der Waals surface area contributed by atoms with Crippen molar-refractivity contribution < 1.29 is 19.7 Å². The van der Waals surface area contributed by atoms with Gasteiger partial charge in [-0.1, -0.05) is 6.07 Å². The van der Waals surface area contributed by atoms with Gasteiger partial charge < -0.3 is 19.8 Å². The molecule has 0 atom stereocenters. The molecule has 0 bridgehead atoms. The van der Waals surface area contributed by atoms with Crippen molar-refractivity contribution in [1.82, 2.24) is 4.98 Å². The third kappa shape index (κ3) is 3.62. The number of pyridine rings is 1. The Labute approximate surface area is 139 Å². The van der Waals surface area contributed by atoms with E-state index in [1.54, 1.807) is 25.3 Å². The first kappa shape index (κ1) is 17.2. The molecular formula is C17H17N3O4. The molecule has 24 heavy (non-hydrogen) atoms. The molecule has 0 saturated heterocycles. The van der Waals surface area contributed by atoms with Crippen LogP contribution in [0.2, 0.25) is 0 Å². The number of anilines is 1. The lowest BCUT2D eigenvalue weighted by Crippen LogP contribution is -2.22. The van der Waals surface area contributed by atoms with Gasteiger partial charge in [0.2, 0.25) is 0 Å². The maximum Gasteiger partial charge on any atom is 0.339 e. The van der Waals surface area contributed by atoms with Gasteiger partial charge in [0, 0.05) is 26.3 Å². The molecule has 0 spiro atoms. The van der Waals surface area contributed by atoms with Gasteiger partial charge in [-0.05, 0) is 18.2 Å². The molecule has 0 fully saturated rings. The van der Waals surface area contributed by atoms with E-state index in [0.717, 1.165) is 11.9 Å². The van der Waals surface area contributed by atoms with Crippen molar-refractivity contribution in [2.75, 3.05) is 32.2 Å². The lowest BCUT2D eigenvalue weighted by Gasteiger charge is -2.20. The number of nitrogens with zero attached hydrogens (tertiary/aromatic N) is 3. The van der Waals surface area contributed by atoms with Gasteiger partial charge in [0.25, 0.3) is 0 Å². The average Bonchev–Trinajstić information content (AvgIpc) is 2.59. The molecule has 7 nitrogen and oxygen atoms in total. The van der Waals surface area contributed by atoms with Crippen molar-refractivity contribution in [3.8, 4) is 23.1 Å². The smallest absolute Gasteiger partial charge is 0.339 e. The number of benzene rings is 1. The zero-order valence-electron chi connectivity index (χ0n) is 13.4. The van der Waals surface area contributed by atoms with Crippen LogP contribution < -0.4 is 4.90 Å². The lowest BCUT2D eigenvalue weighted by atomic mass is 10.0. The normalized spacial score (nSPS) is 10.2. The van der Waals surface area contributed by atoms with Crippen molar-refractivity contribution in [2.45, 2.75) is 0 Å². The Morgan fingerprint density at radius 2 is 2.17 bits per heavy atom. The molecule has 0 radical (unpaired) electrons. The van der Waals surface area contributed by atoms with E-state index in [-0.39, 0.29) is 5.56 Å². The SMILES string of the molecule is COCCN(C)c1ccc(-c2cc(C(=O)O)c(O)cn2)cc1C#N. The quantitative estimate of drug-likeness (QED) is 0.836. The van der Waals surface area contributed by atoms with Crippen LogP contribution in [-0.4, -0.2) is 48.5 Å². The number of methoxy groups -OCH3 is 1. The average molecular weight is 327 g/mol. The summed E-state index contributed by atoms with van der Waals surface area (Å²) in [7, 11) is 3.47. The van der Waals surface area contributed by atoms with E-state index in [1.165, 1.54) is 6.07 Å². The molecule has 0 amide bonds. The number of nitriles is 1. The fraction of sp³-hybridized carbons (Fsp3) is 0.235. The number of carbonyl (C=O) groups is 1. The number of hydrogen-bond acceptors (Lipinski definition) is 6. The number of aromatic nitrogens is 1. The van der Waals surface area contributed by atoms with Gasteiger partial charge in [-0.2, -0.15) is 5.26 Å². The number of aromatic carboxylic acids is 1. The Kier molecular flexibility index (Phi) is 5.35. The highest BCUT2D eigenvalue weighted by Gasteiger charge is 2.14. The monoisotopic (exact) mass is 327 g/mol. The van der Waals surface area contributed by atoms with Gasteiger partial charge in [0.15, 0.2) is 0 Å². The number of hydrogen-bond donors (Lipinski definition) is 2. The number of likely N-dealkylation sites (N-methyl/N-ethyl adjacent to an activating group) is 1. The number of carboxylic acid groups (broad SMARTS) is 1. The van der Waals surface area contributed by atoms with Crippen molar-refractivity contribution in [2.24, 2.45) is 0 Å². The van der Waals surface area contributed by atoms with E-state index in [4.69, 9.17) is 9.84 Å². The van der Waals surface area contributed by atoms with E-state index < -0.39 is 11.7 Å². The Morgan fingerprint density at radius 1 is 1.42 bits per heavy atom. The Bertz CT molecular complexity index is 799. The number of carboxylic acids is 1. The Balaban J connectivity index is 2.42. The summed E-state index contributed by atoms with van der Waals surface area (Å²) in [5.41, 5.74) is 1.92. The third-order valence-corrected chi connectivity index (χ3v) is 3.57. The zero-order chi connectivity index (χ0) is 17.7. The van der Waals surface area contributed by atoms with Crippen LogP contribution in [0.5, 0.6) is 5.75 Å². The molecule has 2 aromatic rings. The second-order valence-corrected chi connectivity index (χ2v) is 5.15. The zero-order valence-corrected chi connectivity index (χ0v) is 13.4. The number of rotatable bonds is 6. The first-order valence-corrected chi connectivity index (χ1v) is 7.14. The molecule has 7 heteroatoms. The summed E-state index contributed by atoms with van der Waals surface area (Å²) < 4.78 is 5.03. The van der Waals surface area contributed by atoms with Crippen LogP contribution in [0, 0.1) is 11.3 Å². The van der Waals surface area contributed by atoms with Crippen LogP contribution >= 0.6 is 0 Å². The number of aromatic hydroxyl groups is 1. The van der Waals surface area contributed by atoms with Gasteiger partial charge >= 0.3 is 5.97 Å². The molecule has 0 aliphatic carbocycles. The van der Waals surface area contributed by atoms with Crippen molar-refractivity contribution >= 4 is 11.7 Å². The Hall–Kier alpha value is -3.11. The van der Waals surface area contributed by atoms with Gasteiger partial charge in [-0.15, -0.1) is 0 Å². The molecule has 2 rings (SSSR count). The second-order valence-electron chi connectivity index (χ2n) is 5.15. The minimum Gasteiger partial charge on any atom is -0.505 e. The standard InChI is InChI=1S/C17H17N3O4/c1-20(5-6-24-2)15-4-3-11(7-12(15)9-18)14-8-13(17(22)23)16(21)10-19-14/h3-4,7-8,10,21H,5-6H2,1-2H3,(H,22,23). The number of ether oxygens (including phenoxy) is 1. The predicted octanol–water partition coefficient (Wildman–Crippen LogP) is 2.11. The molecule has 1 heterocycles. The summed E-state index contributed by atoms with van der Waals surface area (Å²) >= 11 is 0. The predicted molar refractivity (Wildman–Crippen MR) is 88.2 cm³/mol. The van der Waals surface area contributed by atoms with Crippen molar-refractivity contribution in [3.05, 3.63) is 41.6 Å². The van der Waals surface area contributed by atoms with E-state index >= 15 is 0 Å². The lowest BCUT2D eigenvalue weighted by molar-refractivity contribution is 0.0693. The summed E-state index contributed by atoms with van der Waals surface area (Å²) in [4.78, 5) is 17.0. The molecular weight excluding hydrogens is 310 g/mol. The highest BCUT2D eigenvalue weighted by Crippen LogP contribution is 2.28. The maximum atomic E-state index is 11.1. The van der Waals surface area contributed by atoms with Crippen LogP contribution in [0.3, 0.4) is 0 Å². The first-order valence-electron chi connectivity index (χ1n) is 7.14. The summed E-state index contributed by atoms with van der Waals surface area (Å²) in [5.74, 6) is -1.64. The molecule has 0 aliphatic rings. The maximum absolute atomic E-state index is 11.1. The summed E-state index contributed by atoms with van der Waals surface area (Å²) in [6, 6.07) is 8.59. The van der Waals surface area contributed by atoms with Gasteiger partial charge in [-0.25, -0.2) is 4.79 Å². The highest BCUT2D eigenvalue weighted by atomic mass is 16.5.